The van der Waals surface area contributed by atoms with Crippen LogP contribution in [0.4, 0.5) is 0 Å². The Morgan fingerprint density at radius 3 is 1.26 bits per heavy atom. The molecule has 0 fully saturated rings. The highest BCUT2D eigenvalue weighted by atomic mass is 31.1. The molecule has 0 atom stereocenters. The zero-order valence-electron chi connectivity index (χ0n) is 24.2. The Morgan fingerprint density at radius 2 is 0.810 bits per heavy atom. The third-order valence-corrected chi connectivity index (χ3v) is 12.2. The summed E-state index contributed by atoms with van der Waals surface area (Å²) in [6.45, 7) is 6.54. The molecule has 0 spiro atoms. The van der Waals surface area contributed by atoms with Gasteiger partial charge in [-0.05, 0) is 87.2 Å². The van der Waals surface area contributed by atoms with Crippen LogP contribution >= 0.6 is 15.8 Å². The summed E-state index contributed by atoms with van der Waals surface area (Å²) in [5.41, 5.74) is 3.63. The number of aryl methyl sites for hydroxylation is 3. The summed E-state index contributed by atoms with van der Waals surface area (Å²) in [7, 11) is -1.66. The highest BCUT2D eigenvalue weighted by molar-refractivity contribution is 7.80. The topological polar surface area (TPSA) is 9.23 Å². The zero-order valence-corrected chi connectivity index (χ0v) is 26.0. The van der Waals surface area contributed by atoms with Crippen molar-refractivity contribution in [1.82, 2.24) is 0 Å². The van der Waals surface area contributed by atoms with Crippen LogP contribution in [0.1, 0.15) is 16.7 Å². The molecule has 0 N–H and O–H groups in total. The summed E-state index contributed by atoms with van der Waals surface area (Å²) in [6, 6.07) is 54.7. The number of ether oxygens (including phenoxy) is 1. The average Bonchev–Trinajstić information content (AvgIpc) is 3.02. The van der Waals surface area contributed by atoms with Gasteiger partial charge in [-0.15, -0.1) is 0 Å². The number of hydrogen-bond acceptors (Lipinski definition) is 1. The van der Waals surface area contributed by atoms with E-state index in [1.165, 1.54) is 43.0 Å². The van der Waals surface area contributed by atoms with Crippen molar-refractivity contribution >= 4 is 47.7 Å². The first-order valence-electron chi connectivity index (χ1n) is 14.3. The molecule has 0 bridgehead atoms. The van der Waals surface area contributed by atoms with Crippen LogP contribution in [0.3, 0.4) is 0 Å². The van der Waals surface area contributed by atoms with E-state index in [1.807, 2.05) is 0 Å². The molecule has 0 aliphatic heterocycles. The first-order chi connectivity index (χ1) is 20.6. The third kappa shape index (κ3) is 6.10. The van der Waals surface area contributed by atoms with Crippen molar-refractivity contribution in [2.75, 3.05) is 0 Å². The fourth-order valence-corrected chi connectivity index (χ4v) is 10.4. The molecule has 206 valence electrons. The zero-order chi connectivity index (χ0) is 28.9. The van der Waals surface area contributed by atoms with Crippen LogP contribution in [0.5, 0.6) is 11.5 Å². The molecular weight excluding hydrogens is 546 g/mol. The Kier molecular flexibility index (Phi) is 8.62. The maximum Gasteiger partial charge on any atom is 0.138 e. The van der Waals surface area contributed by atoms with Crippen LogP contribution in [-0.4, -0.2) is 0 Å². The lowest BCUT2D eigenvalue weighted by molar-refractivity contribution is 0.486. The number of rotatable bonds is 8. The van der Waals surface area contributed by atoms with Crippen LogP contribution in [-0.2, 0) is 0 Å². The van der Waals surface area contributed by atoms with Gasteiger partial charge in [-0.25, -0.2) is 0 Å². The smallest absolute Gasteiger partial charge is 0.138 e. The van der Waals surface area contributed by atoms with Gasteiger partial charge in [-0.1, -0.05) is 139 Å². The second kappa shape index (κ2) is 12.9. The van der Waals surface area contributed by atoms with Gasteiger partial charge in [0.05, 0.1) is 0 Å². The summed E-state index contributed by atoms with van der Waals surface area (Å²) in [6.07, 6.45) is 0. The lowest BCUT2D eigenvalue weighted by Crippen LogP contribution is -2.24. The van der Waals surface area contributed by atoms with Gasteiger partial charge < -0.3 is 4.74 Å². The molecule has 6 rings (SSSR count). The largest absolute Gasteiger partial charge is 0.456 e. The van der Waals surface area contributed by atoms with Gasteiger partial charge in [0.15, 0.2) is 0 Å². The summed E-state index contributed by atoms with van der Waals surface area (Å²) >= 11 is 0. The molecule has 0 aromatic heterocycles. The van der Waals surface area contributed by atoms with Crippen LogP contribution in [0.2, 0.25) is 0 Å². The van der Waals surface area contributed by atoms with Gasteiger partial charge in [-0.3, -0.25) is 0 Å². The first-order valence-corrected chi connectivity index (χ1v) is 17.0. The molecule has 0 saturated heterocycles. The number of hydrogen-bond donors (Lipinski definition) is 0. The van der Waals surface area contributed by atoms with E-state index in [0.29, 0.717) is 0 Å². The van der Waals surface area contributed by atoms with E-state index in [1.54, 1.807) is 0 Å². The highest BCUT2D eigenvalue weighted by Gasteiger charge is 2.25. The Hall–Kier alpha value is -4.02. The monoisotopic (exact) mass is 580 g/mol. The molecule has 0 amide bonds. The van der Waals surface area contributed by atoms with Crippen molar-refractivity contribution in [2.24, 2.45) is 0 Å². The number of benzene rings is 6. The molecule has 6 aromatic carbocycles. The minimum absolute atomic E-state index is 0.827. The van der Waals surface area contributed by atoms with Crippen LogP contribution in [0, 0.1) is 20.8 Å². The van der Waals surface area contributed by atoms with Crippen molar-refractivity contribution in [3.05, 3.63) is 168 Å². The summed E-state index contributed by atoms with van der Waals surface area (Å²) < 4.78 is 7.16. The molecule has 0 heterocycles. The SMILES string of the molecule is Cc1ccc(Oc2c(C)cc(C)cc2P(c2ccccc2)c2ccccc2)c(P(c2ccccc2)c2ccccc2)c1. The second-order valence-electron chi connectivity index (χ2n) is 10.5. The normalized spacial score (nSPS) is 11.2. The van der Waals surface area contributed by atoms with E-state index in [4.69, 9.17) is 4.74 Å². The Bertz CT molecular complexity index is 1690. The molecule has 0 aliphatic rings. The molecular formula is C39H34OP2. The van der Waals surface area contributed by atoms with Crippen LogP contribution in [0.25, 0.3) is 0 Å². The third-order valence-electron chi connectivity index (χ3n) is 7.27. The van der Waals surface area contributed by atoms with E-state index < -0.39 is 15.8 Å². The predicted molar refractivity (Wildman–Crippen MR) is 185 cm³/mol. The van der Waals surface area contributed by atoms with E-state index >= 15 is 0 Å². The van der Waals surface area contributed by atoms with Gasteiger partial charge in [0.2, 0.25) is 0 Å². The molecule has 42 heavy (non-hydrogen) atoms. The maximum atomic E-state index is 7.16. The maximum absolute atomic E-state index is 7.16. The minimum Gasteiger partial charge on any atom is -0.456 e. The highest BCUT2D eigenvalue weighted by Crippen LogP contribution is 2.42. The average molecular weight is 581 g/mol. The molecule has 1 nitrogen and oxygen atoms in total. The van der Waals surface area contributed by atoms with Gasteiger partial charge in [0, 0.05) is 10.6 Å². The summed E-state index contributed by atoms with van der Waals surface area (Å²) in [5.74, 6) is 1.88. The van der Waals surface area contributed by atoms with Crippen molar-refractivity contribution in [3.8, 4) is 11.5 Å². The van der Waals surface area contributed by atoms with Gasteiger partial charge in [0.1, 0.15) is 11.5 Å². The lowest BCUT2D eigenvalue weighted by Gasteiger charge is -2.26. The van der Waals surface area contributed by atoms with Crippen molar-refractivity contribution in [1.29, 1.82) is 0 Å². The fourth-order valence-electron chi connectivity index (χ4n) is 5.39. The molecule has 0 unspecified atom stereocenters. The van der Waals surface area contributed by atoms with Crippen molar-refractivity contribution < 1.29 is 4.74 Å². The molecule has 0 aliphatic carbocycles. The fraction of sp³-hybridized carbons (Fsp3) is 0.0769. The quantitative estimate of drug-likeness (QED) is 0.166. The summed E-state index contributed by atoms with van der Waals surface area (Å²) in [4.78, 5) is 0. The van der Waals surface area contributed by atoms with E-state index in [2.05, 4.69) is 172 Å². The van der Waals surface area contributed by atoms with E-state index in [0.717, 1.165) is 17.1 Å². The summed E-state index contributed by atoms with van der Waals surface area (Å²) in [5, 5.41) is 7.73. The van der Waals surface area contributed by atoms with E-state index in [9.17, 15) is 0 Å². The van der Waals surface area contributed by atoms with Crippen LogP contribution in [0.15, 0.2) is 152 Å². The second-order valence-corrected chi connectivity index (χ2v) is 14.9. The van der Waals surface area contributed by atoms with E-state index in [-0.39, 0.29) is 0 Å². The molecule has 0 radical (unpaired) electrons. The first kappa shape index (κ1) is 28.1. The van der Waals surface area contributed by atoms with Gasteiger partial charge >= 0.3 is 0 Å². The predicted octanol–water partition coefficient (Wildman–Crippen LogP) is 7.92. The van der Waals surface area contributed by atoms with Crippen molar-refractivity contribution in [3.63, 3.8) is 0 Å². The standard InChI is InChI=1S/C39H34OP2/c1-29-24-25-36(37(27-29)41(32-16-8-4-9-17-32)33-18-10-5-11-19-33)40-39-31(3)26-30(2)28-38(39)42(34-20-12-6-13-21-34)35-22-14-7-15-23-35/h4-28H,1-3H3. The van der Waals surface area contributed by atoms with Crippen molar-refractivity contribution in [2.45, 2.75) is 20.8 Å². The molecule has 6 aromatic rings. The Labute approximate surface area is 252 Å². The Balaban J connectivity index is 1.54. The minimum atomic E-state index is -0.834. The van der Waals surface area contributed by atoms with Gasteiger partial charge in [0.25, 0.3) is 0 Å². The Morgan fingerprint density at radius 1 is 0.405 bits per heavy atom. The molecule has 3 heteroatoms. The van der Waals surface area contributed by atoms with Gasteiger partial charge in [-0.2, -0.15) is 0 Å². The molecule has 0 saturated carbocycles. The lowest BCUT2D eigenvalue weighted by atomic mass is 10.1. The van der Waals surface area contributed by atoms with Crippen LogP contribution < -0.4 is 36.6 Å².